The molecule has 2 aliphatic heterocycles. The molecule has 10 nitrogen and oxygen atoms in total. The van der Waals surface area contributed by atoms with E-state index in [1.807, 2.05) is 24.3 Å². The molecule has 0 N–H and O–H groups in total. The van der Waals surface area contributed by atoms with Gasteiger partial charge in [-0.25, -0.2) is 5.01 Å². The number of hydrogen-bond acceptors (Lipinski definition) is 8. The molecule has 0 saturated carbocycles. The molecular formula is C30H33ClN4O6. The van der Waals surface area contributed by atoms with Crippen LogP contribution in [0.1, 0.15) is 34.1 Å². The molecule has 41 heavy (non-hydrogen) atoms. The van der Waals surface area contributed by atoms with Gasteiger partial charge in [0, 0.05) is 48.7 Å². The van der Waals surface area contributed by atoms with Gasteiger partial charge >= 0.3 is 0 Å². The summed E-state index contributed by atoms with van der Waals surface area (Å²) >= 11 is 6.52. The summed E-state index contributed by atoms with van der Waals surface area (Å²) in [6, 6.07) is 15.6. The van der Waals surface area contributed by atoms with E-state index in [1.54, 1.807) is 44.6 Å². The number of amides is 2. The van der Waals surface area contributed by atoms with Crippen LogP contribution >= 0.6 is 11.6 Å². The minimum atomic E-state index is -0.501. The van der Waals surface area contributed by atoms with Crippen LogP contribution in [0.3, 0.4) is 0 Å². The van der Waals surface area contributed by atoms with Crippen molar-refractivity contribution >= 4 is 29.1 Å². The Labute approximate surface area is 244 Å². The van der Waals surface area contributed by atoms with Crippen molar-refractivity contribution < 1.29 is 28.2 Å². The number of nitrogens with zero attached hydrogens (tertiary/aromatic N) is 4. The molecule has 2 amide bonds. The summed E-state index contributed by atoms with van der Waals surface area (Å²) in [5, 5.41) is 6.74. The Kier molecular flexibility index (Phi) is 9.23. The second-order valence-electron chi connectivity index (χ2n) is 9.75. The van der Waals surface area contributed by atoms with Gasteiger partial charge in [0.2, 0.25) is 0 Å². The quantitative estimate of drug-likeness (QED) is 0.356. The summed E-state index contributed by atoms with van der Waals surface area (Å²) in [5.74, 6) is 0.692. The van der Waals surface area contributed by atoms with E-state index in [0.717, 1.165) is 24.2 Å². The maximum absolute atomic E-state index is 14.0. The predicted octanol–water partition coefficient (Wildman–Crippen LogP) is 4.10. The minimum Gasteiger partial charge on any atom is -0.497 e. The van der Waals surface area contributed by atoms with E-state index >= 15 is 0 Å². The van der Waals surface area contributed by atoms with Crippen LogP contribution in [0.2, 0.25) is 5.02 Å². The first-order valence-corrected chi connectivity index (χ1v) is 13.9. The fourth-order valence-corrected chi connectivity index (χ4v) is 5.32. The molecule has 216 valence electrons. The van der Waals surface area contributed by atoms with Crippen LogP contribution in [0.5, 0.6) is 11.5 Å². The Morgan fingerprint density at radius 2 is 1.88 bits per heavy atom. The van der Waals surface area contributed by atoms with Gasteiger partial charge in [-0.05, 0) is 36.4 Å². The summed E-state index contributed by atoms with van der Waals surface area (Å²) in [5.41, 5.74) is 2.14. The molecule has 2 aromatic carbocycles. The number of halogens is 1. The number of morpholine rings is 1. The summed E-state index contributed by atoms with van der Waals surface area (Å²) in [4.78, 5) is 31.2. The molecule has 3 heterocycles. The number of hydrogen-bond donors (Lipinski definition) is 0. The highest BCUT2D eigenvalue weighted by molar-refractivity contribution is 6.34. The molecule has 0 radical (unpaired) electrons. The number of ether oxygens (including phenoxy) is 3. The molecule has 11 heteroatoms. The van der Waals surface area contributed by atoms with Crippen LogP contribution < -0.4 is 9.47 Å². The third-order valence-electron chi connectivity index (χ3n) is 7.28. The van der Waals surface area contributed by atoms with E-state index < -0.39 is 6.04 Å². The van der Waals surface area contributed by atoms with Crippen molar-refractivity contribution in [2.24, 2.45) is 5.10 Å². The molecule has 0 aliphatic carbocycles. The van der Waals surface area contributed by atoms with Gasteiger partial charge in [0.25, 0.3) is 11.8 Å². The van der Waals surface area contributed by atoms with Crippen molar-refractivity contribution in [3.05, 3.63) is 82.8 Å². The maximum atomic E-state index is 14.0. The van der Waals surface area contributed by atoms with E-state index in [2.05, 4.69) is 4.90 Å². The van der Waals surface area contributed by atoms with Crippen LogP contribution in [0, 0.1) is 0 Å². The van der Waals surface area contributed by atoms with Gasteiger partial charge in [-0.15, -0.1) is 0 Å². The second-order valence-corrected chi connectivity index (χ2v) is 10.2. The van der Waals surface area contributed by atoms with Crippen molar-refractivity contribution in [1.29, 1.82) is 0 Å². The SMILES string of the molecule is COc1ccc(OC)c([C@H]2CC(c3ccccc3Cl)=NN2C(=O)CN(CCN2CCOCC2)C(=O)c2ccco2)c1. The van der Waals surface area contributed by atoms with Crippen molar-refractivity contribution in [3.63, 3.8) is 0 Å². The lowest BCUT2D eigenvalue weighted by Crippen LogP contribution is -2.46. The Bertz CT molecular complexity index is 1390. The van der Waals surface area contributed by atoms with Crippen LogP contribution in [0.25, 0.3) is 0 Å². The van der Waals surface area contributed by atoms with Gasteiger partial charge < -0.3 is 23.5 Å². The second kappa shape index (κ2) is 13.2. The monoisotopic (exact) mass is 580 g/mol. The van der Waals surface area contributed by atoms with Crippen LogP contribution in [0.15, 0.2) is 70.4 Å². The Hall–Kier alpha value is -3.86. The molecule has 1 atom stereocenters. The fraction of sp³-hybridized carbons (Fsp3) is 0.367. The Balaban J connectivity index is 1.46. The van der Waals surface area contributed by atoms with Crippen LogP contribution in [-0.4, -0.2) is 92.5 Å². The third kappa shape index (κ3) is 6.56. The molecule has 5 rings (SSSR count). The van der Waals surface area contributed by atoms with E-state index in [9.17, 15) is 9.59 Å². The number of rotatable bonds is 10. The van der Waals surface area contributed by atoms with E-state index in [-0.39, 0.29) is 24.1 Å². The maximum Gasteiger partial charge on any atom is 0.290 e. The first-order valence-electron chi connectivity index (χ1n) is 13.5. The Morgan fingerprint density at radius 3 is 2.59 bits per heavy atom. The molecule has 2 aliphatic rings. The molecule has 1 aromatic heterocycles. The number of carbonyl (C=O) groups is 2. The first kappa shape index (κ1) is 28.7. The first-order chi connectivity index (χ1) is 20.0. The zero-order chi connectivity index (χ0) is 28.8. The summed E-state index contributed by atoms with van der Waals surface area (Å²) in [7, 11) is 3.17. The van der Waals surface area contributed by atoms with Gasteiger partial charge in [0.05, 0.1) is 45.5 Å². The molecule has 0 unspecified atom stereocenters. The lowest BCUT2D eigenvalue weighted by Gasteiger charge is -2.31. The molecular weight excluding hydrogens is 548 g/mol. The number of carbonyl (C=O) groups excluding carboxylic acids is 2. The molecule has 1 fully saturated rings. The number of methoxy groups -OCH3 is 2. The average Bonchev–Trinajstić information content (AvgIpc) is 3.70. The van der Waals surface area contributed by atoms with E-state index in [0.29, 0.717) is 55.0 Å². The summed E-state index contributed by atoms with van der Waals surface area (Å²) < 4.78 is 22.0. The van der Waals surface area contributed by atoms with Gasteiger partial charge in [-0.2, -0.15) is 5.10 Å². The van der Waals surface area contributed by atoms with Crippen LogP contribution in [0.4, 0.5) is 0 Å². The topological polar surface area (TPSA) is 97.0 Å². The van der Waals surface area contributed by atoms with Crippen molar-refractivity contribution in [3.8, 4) is 11.5 Å². The van der Waals surface area contributed by atoms with Crippen molar-refractivity contribution in [2.75, 3.05) is 60.2 Å². The molecule has 0 spiro atoms. The molecule has 3 aromatic rings. The zero-order valence-corrected chi connectivity index (χ0v) is 23.9. The largest absolute Gasteiger partial charge is 0.497 e. The van der Waals surface area contributed by atoms with E-state index in [4.69, 9.17) is 35.3 Å². The lowest BCUT2D eigenvalue weighted by atomic mass is 9.97. The molecule has 0 bridgehead atoms. The number of furan rings is 1. The smallest absolute Gasteiger partial charge is 0.290 e. The van der Waals surface area contributed by atoms with Gasteiger partial charge in [-0.1, -0.05) is 29.8 Å². The van der Waals surface area contributed by atoms with Gasteiger partial charge in [0.15, 0.2) is 5.76 Å². The Morgan fingerprint density at radius 1 is 1.07 bits per heavy atom. The minimum absolute atomic E-state index is 0.174. The van der Waals surface area contributed by atoms with Crippen molar-refractivity contribution in [2.45, 2.75) is 12.5 Å². The van der Waals surface area contributed by atoms with Gasteiger partial charge in [0.1, 0.15) is 18.0 Å². The summed E-state index contributed by atoms with van der Waals surface area (Å²) in [6.45, 7) is 3.58. The average molecular weight is 581 g/mol. The predicted molar refractivity (Wildman–Crippen MR) is 154 cm³/mol. The van der Waals surface area contributed by atoms with Gasteiger partial charge in [-0.3, -0.25) is 14.5 Å². The number of hydrazone groups is 1. The lowest BCUT2D eigenvalue weighted by molar-refractivity contribution is -0.133. The third-order valence-corrected chi connectivity index (χ3v) is 7.61. The fourth-order valence-electron chi connectivity index (χ4n) is 5.07. The highest BCUT2D eigenvalue weighted by Crippen LogP contribution is 2.40. The highest BCUT2D eigenvalue weighted by Gasteiger charge is 2.37. The molecule has 1 saturated heterocycles. The van der Waals surface area contributed by atoms with Crippen molar-refractivity contribution in [1.82, 2.24) is 14.8 Å². The number of benzene rings is 2. The standard InChI is InChI=1S/C30H33ClN4O6/c1-38-21-9-10-27(39-2)23(18-21)26-19-25(22-6-3-4-7-24(22)31)32-35(26)29(36)20-34(30(37)28-8-5-15-41-28)12-11-33-13-16-40-17-14-33/h3-10,15,18,26H,11-14,16-17,19-20H2,1-2H3/t26-/m1/s1. The van der Waals surface area contributed by atoms with E-state index in [1.165, 1.54) is 16.2 Å². The van der Waals surface area contributed by atoms with Crippen LogP contribution in [-0.2, 0) is 9.53 Å². The normalized spacial score (nSPS) is 17.3. The summed E-state index contributed by atoms with van der Waals surface area (Å²) in [6.07, 6.45) is 1.85. The zero-order valence-electron chi connectivity index (χ0n) is 23.1. The highest BCUT2D eigenvalue weighted by atomic mass is 35.5.